The van der Waals surface area contributed by atoms with Crippen LogP contribution in [0.3, 0.4) is 0 Å². The van der Waals surface area contributed by atoms with Crippen LogP contribution in [-0.2, 0) is 60.0 Å². The number of benzene rings is 3. The summed E-state index contributed by atoms with van der Waals surface area (Å²) in [6, 6.07) is 17.5. The molecule has 3 aromatic carbocycles. The van der Waals surface area contributed by atoms with Crippen molar-refractivity contribution >= 4 is 72.5 Å². The summed E-state index contributed by atoms with van der Waals surface area (Å²) in [5.41, 5.74) is 9.68. The molecule has 3 amide bonds. The number of fused-ring (bicyclic) bond motifs is 2. The van der Waals surface area contributed by atoms with E-state index >= 15 is 0 Å². The molecule has 3 aromatic heterocycles. The van der Waals surface area contributed by atoms with Gasteiger partial charge in [0.2, 0.25) is 12.2 Å². The van der Waals surface area contributed by atoms with Crippen molar-refractivity contribution in [1.29, 1.82) is 0 Å². The molecule has 6 aromatic rings. The number of aliphatic carboxylic acids is 1. The van der Waals surface area contributed by atoms with Crippen LogP contribution < -0.4 is 35.5 Å². The van der Waals surface area contributed by atoms with Gasteiger partial charge in [-0.3, -0.25) is 24.1 Å². The molecule has 30 heteroatoms. The van der Waals surface area contributed by atoms with Gasteiger partial charge in [-0.25, -0.2) is 24.4 Å². The van der Waals surface area contributed by atoms with Crippen molar-refractivity contribution in [3.05, 3.63) is 107 Å². The molecule has 0 radical (unpaired) electrons. The minimum atomic E-state index is -4.52. The number of hydrogen-bond acceptors (Lipinski definition) is 22. The van der Waals surface area contributed by atoms with Gasteiger partial charge < -0.3 is 74.8 Å². The Bertz CT molecular complexity index is 3960. The number of aromatic nitrogens is 4. The molecule has 4 aliphatic carbocycles. The molecule has 4 bridgehead atoms. The van der Waals surface area contributed by atoms with Crippen LogP contribution in [0.25, 0.3) is 21.3 Å². The molecule has 0 spiro atoms. The van der Waals surface area contributed by atoms with E-state index < -0.39 is 82.2 Å². The van der Waals surface area contributed by atoms with Gasteiger partial charge in [-0.05, 0) is 129 Å². The molecule has 28 nitrogen and oxygen atoms in total. The number of hydrogen-bond donors (Lipinski definition) is 9. The van der Waals surface area contributed by atoms with Gasteiger partial charge in [0.1, 0.15) is 54.0 Å². The Morgan fingerprint density at radius 3 is 2.36 bits per heavy atom. The number of anilines is 2. The second-order valence-electron chi connectivity index (χ2n) is 26.2. The molecule has 504 valence electrons. The zero-order chi connectivity index (χ0) is 67.2. The van der Waals surface area contributed by atoms with Crippen molar-refractivity contribution in [2.45, 2.75) is 134 Å². The number of thiazole rings is 1. The third-order valence-corrected chi connectivity index (χ3v) is 20.2. The summed E-state index contributed by atoms with van der Waals surface area (Å²) in [4.78, 5) is 77.6. The number of aliphatic hydroxyl groups excluding tert-OH is 3. The van der Waals surface area contributed by atoms with Crippen molar-refractivity contribution in [3.8, 4) is 28.4 Å². The van der Waals surface area contributed by atoms with Crippen LogP contribution in [0.4, 0.5) is 15.7 Å². The van der Waals surface area contributed by atoms with Gasteiger partial charge in [0.25, 0.3) is 16.0 Å². The summed E-state index contributed by atoms with van der Waals surface area (Å²) < 4.78 is 69.9. The molecule has 2 aliphatic heterocycles. The fourth-order valence-electron chi connectivity index (χ4n) is 15.5. The monoisotopic (exact) mass is 1340 g/mol. The number of para-hydroxylation sites is 1. The number of carbonyl (C=O) groups excluding carboxylic acids is 3. The number of pyridine rings is 1. The Morgan fingerprint density at radius 1 is 0.894 bits per heavy atom. The number of carboxylic acid groups (broad SMARTS) is 2. The van der Waals surface area contributed by atoms with E-state index in [9.17, 15) is 57.9 Å². The highest BCUT2D eigenvalue weighted by Gasteiger charge is 2.66. The highest BCUT2D eigenvalue weighted by Crippen LogP contribution is 2.72. The molecular formula is C64H77N9O19S2. The molecule has 5 heterocycles. The second-order valence-corrected chi connectivity index (χ2v) is 28.7. The van der Waals surface area contributed by atoms with Crippen LogP contribution in [0.15, 0.2) is 72.9 Å². The molecule has 8 atom stereocenters. The molecule has 10 N–H and O–H groups in total. The van der Waals surface area contributed by atoms with Gasteiger partial charge in [0, 0.05) is 79.3 Å². The average Bonchev–Trinajstić information content (AvgIpc) is 0.735. The van der Waals surface area contributed by atoms with Gasteiger partial charge >= 0.3 is 18.0 Å². The minimum absolute atomic E-state index is 0.0306. The summed E-state index contributed by atoms with van der Waals surface area (Å²) in [7, 11) is -1.34. The topological polar surface area (TPSA) is 396 Å². The van der Waals surface area contributed by atoms with E-state index in [1.807, 2.05) is 46.8 Å². The van der Waals surface area contributed by atoms with Crippen molar-refractivity contribution in [3.63, 3.8) is 0 Å². The number of amides is 3. The molecule has 1 saturated heterocycles. The zero-order valence-electron chi connectivity index (χ0n) is 52.5. The fraction of sp³-hybridized carbons (Fsp3) is 0.500. The number of ether oxygens (including phenoxy) is 6. The zero-order valence-corrected chi connectivity index (χ0v) is 54.1. The maximum atomic E-state index is 13.9. The van der Waals surface area contributed by atoms with Crippen LogP contribution in [0.2, 0.25) is 0 Å². The minimum Gasteiger partial charge on any atom is -0.496 e. The van der Waals surface area contributed by atoms with E-state index in [2.05, 4.69) is 29.5 Å². The number of aliphatic hydroxyl groups is 3. The Labute approximate surface area is 545 Å². The summed E-state index contributed by atoms with van der Waals surface area (Å²) in [5, 5.41) is 62.3. The Morgan fingerprint density at radius 2 is 1.65 bits per heavy atom. The van der Waals surface area contributed by atoms with E-state index in [0.717, 1.165) is 65.6 Å². The van der Waals surface area contributed by atoms with Crippen molar-refractivity contribution < 1.29 is 90.9 Å². The quantitative estimate of drug-likeness (QED) is 0.0264. The second kappa shape index (κ2) is 26.6. The summed E-state index contributed by atoms with van der Waals surface area (Å²) in [5.74, 6) is -3.80. The number of carbonyl (C=O) groups is 5. The predicted octanol–water partition coefficient (Wildman–Crippen LogP) is 5.16. The molecular weight excluding hydrogens is 1260 g/mol. The van der Waals surface area contributed by atoms with Crippen molar-refractivity contribution in [2.75, 3.05) is 63.0 Å². The van der Waals surface area contributed by atoms with Crippen LogP contribution in [0.5, 0.6) is 17.2 Å². The van der Waals surface area contributed by atoms with E-state index in [0.29, 0.717) is 58.5 Å². The van der Waals surface area contributed by atoms with Gasteiger partial charge in [-0.15, -0.1) is 0 Å². The van der Waals surface area contributed by atoms with E-state index in [4.69, 9.17) is 48.8 Å². The summed E-state index contributed by atoms with van der Waals surface area (Å²) in [6.07, 6.45) is -2.47. The average molecular weight is 1340 g/mol. The number of nitrogens with zero attached hydrogens (tertiary/aromatic N) is 6. The summed E-state index contributed by atoms with van der Waals surface area (Å²) >= 11 is 1.39. The molecule has 12 rings (SSSR count). The van der Waals surface area contributed by atoms with Crippen molar-refractivity contribution in [2.24, 2.45) is 22.0 Å². The first kappa shape index (κ1) is 67.4. The highest BCUT2D eigenvalue weighted by molar-refractivity contribution is 7.85. The van der Waals surface area contributed by atoms with Gasteiger partial charge in [-0.2, -0.15) is 13.5 Å². The van der Waals surface area contributed by atoms with Gasteiger partial charge in [0.15, 0.2) is 16.9 Å². The summed E-state index contributed by atoms with van der Waals surface area (Å²) in [6.45, 7) is 7.86. The van der Waals surface area contributed by atoms with E-state index in [1.165, 1.54) is 34.4 Å². The number of nitrogens with one attached hydrogen (secondary N) is 2. The number of aromatic carboxylic acids is 1. The number of nitrogens with two attached hydrogens (primary N) is 1. The third-order valence-electron chi connectivity index (χ3n) is 18.5. The van der Waals surface area contributed by atoms with E-state index in [-0.39, 0.29) is 85.2 Å². The van der Waals surface area contributed by atoms with Crippen LogP contribution in [0.1, 0.15) is 102 Å². The lowest BCUT2D eigenvalue weighted by Gasteiger charge is -2.69. The lowest BCUT2D eigenvalue weighted by molar-refractivity contribution is -0.271. The predicted molar refractivity (Wildman–Crippen MR) is 339 cm³/mol. The Balaban J connectivity index is 0.733. The van der Waals surface area contributed by atoms with E-state index in [1.54, 1.807) is 38.6 Å². The molecule has 2 unspecified atom stereocenters. The maximum absolute atomic E-state index is 13.9. The SMILES string of the molecule is COc1ccc(C(=O)Nc2nc3ccccc3s2)c2c1CCN(c1ccc(-c3cnn(CC45CC6(C)CC(C)(C4)CC(OCCN(C)C(=O)OCc4ccc(O[C@@H]7O[C@H](C(=O)O)[C@@H](O)[C@H](O)[C@H]7O)cc4OCCCNC(=O)[C@@H](N)CS(=O)(=O)O)(C6)C5)c3C)c(C(=O)O)n1)C2. The smallest absolute Gasteiger partial charge is 0.409 e. The first-order valence-corrected chi connectivity index (χ1v) is 33.2. The first-order valence-electron chi connectivity index (χ1n) is 30.8. The lowest BCUT2D eigenvalue weighted by atomic mass is 9.39. The Kier molecular flexibility index (Phi) is 19.1. The molecule has 5 fully saturated rings. The van der Waals surface area contributed by atoms with Crippen LogP contribution in [0, 0.1) is 23.2 Å². The highest BCUT2D eigenvalue weighted by atomic mass is 32.2. The normalized spacial score (nSPS) is 25.7. The fourth-order valence-corrected chi connectivity index (χ4v) is 16.9. The van der Waals surface area contributed by atoms with Crippen LogP contribution in [-0.4, -0.2) is 188 Å². The maximum Gasteiger partial charge on any atom is 0.409 e. The third kappa shape index (κ3) is 14.4. The Hall–Kier alpha value is -8.07. The molecule has 94 heavy (non-hydrogen) atoms. The number of likely N-dealkylation sites (N-methyl/N-ethyl adjacent to an activating group) is 1. The van der Waals surface area contributed by atoms with Crippen LogP contribution >= 0.6 is 11.3 Å². The van der Waals surface area contributed by atoms with Crippen molar-refractivity contribution in [1.82, 2.24) is 30.0 Å². The number of rotatable bonds is 25. The number of carboxylic acids is 2. The number of methoxy groups -OCH3 is 1. The van der Waals surface area contributed by atoms with Gasteiger partial charge in [-0.1, -0.05) is 37.3 Å². The largest absolute Gasteiger partial charge is 0.496 e. The first-order chi connectivity index (χ1) is 44.5. The standard InChI is InChI=1S/C64H77N9O19S2/c1-35-41(39-14-16-48(69-49(39)56(79)80)72-19-17-38-42(25-72)40(13-15-45(38)87-5)54(77)70-59-68-44-9-6-7-10-47(44)93-59)24-67-73(35)34-63-29-61(2)28-62(3,30-63)32-64(31-61,33-63)90-22-20-71(4)60(83)89-26-36-11-12-37(91-58-52(76)50(74)51(75)53(92-58)57(81)82)23-46(36)88-21-8-18-66-55(78)43(65)27-94(84,85)86/h6-7,9-16,23-24,43,50-53,58,74-76H,8,17-22,25-34,65H2,1-5H3,(H,66,78)(H,79,80)(H,81,82)(H,68,70,77)(H,84,85,86)/t43-,50-,51-,52+,53-,58+,61?,62?,63?,64?/m0/s1. The molecule has 4 saturated carbocycles. The lowest BCUT2D eigenvalue weighted by Crippen LogP contribution is -2.64. The van der Waals surface area contributed by atoms with Gasteiger partial charge in [0.05, 0.1) is 48.1 Å². The molecule has 6 aliphatic rings.